The summed E-state index contributed by atoms with van der Waals surface area (Å²) >= 11 is 1.08. The maximum Gasteiger partial charge on any atom is 0.534 e. The number of nitrogens with zero attached hydrogens (tertiary/aromatic N) is 3. The number of benzene rings is 2. The van der Waals surface area contributed by atoms with Crippen LogP contribution in [0.15, 0.2) is 54.2 Å². The van der Waals surface area contributed by atoms with Gasteiger partial charge in [0, 0.05) is 34.9 Å². The molecule has 0 radical (unpaired) electrons. The molecule has 0 aliphatic rings. The summed E-state index contributed by atoms with van der Waals surface area (Å²) in [6, 6.07) is 7.90. The zero-order chi connectivity index (χ0) is 22.2. The van der Waals surface area contributed by atoms with E-state index in [9.17, 15) is 26.0 Å². The highest BCUT2D eigenvalue weighted by Gasteiger charge is 2.49. The summed E-state index contributed by atoms with van der Waals surface area (Å²) in [6.45, 7) is 0. The molecule has 4 aromatic rings. The number of thiazole rings is 1. The first-order valence-corrected chi connectivity index (χ1v) is 10.7. The van der Waals surface area contributed by atoms with Crippen LogP contribution < -0.4 is 9.50 Å². The number of anilines is 2. The van der Waals surface area contributed by atoms with E-state index in [1.165, 1.54) is 36.7 Å². The molecule has 4 rings (SSSR count). The monoisotopic (exact) mass is 470 g/mol. The van der Waals surface area contributed by atoms with Gasteiger partial charge in [-0.05, 0) is 24.3 Å². The maximum absolute atomic E-state index is 13.4. The number of alkyl halides is 3. The molecule has 160 valence electrons. The molecule has 13 heteroatoms. The van der Waals surface area contributed by atoms with Gasteiger partial charge in [-0.3, -0.25) is 0 Å². The Bertz CT molecular complexity index is 1360. The lowest BCUT2D eigenvalue weighted by Gasteiger charge is -2.13. The van der Waals surface area contributed by atoms with E-state index >= 15 is 0 Å². The fraction of sp³-hybridized carbons (Fsp3) is 0.0556. The SMILES string of the molecule is O=S(=O)(Oc1cc2nc(Nc3cccc(F)c3)ncc2cc1-c1nccs1)C(F)(F)F. The average molecular weight is 470 g/mol. The van der Waals surface area contributed by atoms with Gasteiger partial charge in [0.2, 0.25) is 5.95 Å². The number of aromatic nitrogens is 3. The van der Waals surface area contributed by atoms with Crippen LogP contribution in [0.1, 0.15) is 0 Å². The fourth-order valence-electron chi connectivity index (χ4n) is 2.57. The molecule has 0 amide bonds. The van der Waals surface area contributed by atoms with Crippen LogP contribution in [-0.4, -0.2) is 28.9 Å². The van der Waals surface area contributed by atoms with Crippen LogP contribution in [-0.2, 0) is 10.1 Å². The van der Waals surface area contributed by atoms with E-state index in [2.05, 4.69) is 24.5 Å². The minimum absolute atomic E-state index is 0.0183. The standard InChI is InChI=1S/C18H10F4N4O3S2/c19-11-2-1-3-12(7-11)25-17-24-9-10-6-13(16-23-4-5-30-16)15(8-14(10)26-17)29-31(27,28)18(20,21)22/h1-9H,(H,24,25,26). The van der Waals surface area contributed by atoms with Crippen molar-refractivity contribution in [1.82, 2.24) is 15.0 Å². The van der Waals surface area contributed by atoms with Crippen molar-refractivity contribution < 1.29 is 30.2 Å². The zero-order valence-electron chi connectivity index (χ0n) is 15.1. The Kier molecular flexibility index (Phi) is 5.23. The summed E-state index contributed by atoms with van der Waals surface area (Å²) in [5.41, 5.74) is -5.14. The predicted octanol–water partition coefficient (Wildman–Crippen LogP) is 4.86. The highest BCUT2D eigenvalue weighted by Crippen LogP contribution is 2.38. The van der Waals surface area contributed by atoms with Gasteiger partial charge in [0.25, 0.3) is 0 Å². The van der Waals surface area contributed by atoms with Gasteiger partial charge in [-0.25, -0.2) is 19.3 Å². The molecule has 2 heterocycles. The van der Waals surface area contributed by atoms with Gasteiger partial charge >= 0.3 is 15.6 Å². The molecule has 0 saturated heterocycles. The predicted molar refractivity (Wildman–Crippen MR) is 106 cm³/mol. The summed E-state index contributed by atoms with van der Waals surface area (Å²) in [5.74, 6) is -1.06. The molecule has 2 aromatic carbocycles. The van der Waals surface area contributed by atoms with Crippen molar-refractivity contribution in [2.45, 2.75) is 5.51 Å². The Morgan fingerprint density at radius 2 is 1.90 bits per heavy atom. The Morgan fingerprint density at radius 1 is 1.10 bits per heavy atom. The second-order valence-corrected chi connectivity index (χ2v) is 8.49. The summed E-state index contributed by atoms with van der Waals surface area (Å²) in [6.07, 6.45) is 2.79. The van der Waals surface area contributed by atoms with Crippen molar-refractivity contribution in [2.75, 3.05) is 5.32 Å². The lowest BCUT2D eigenvalue weighted by molar-refractivity contribution is -0.0499. The summed E-state index contributed by atoms with van der Waals surface area (Å²) in [4.78, 5) is 12.3. The van der Waals surface area contributed by atoms with E-state index in [1.54, 1.807) is 11.4 Å². The Morgan fingerprint density at radius 3 is 2.58 bits per heavy atom. The minimum atomic E-state index is -5.92. The van der Waals surface area contributed by atoms with Crippen molar-refractivity contribution >= 4 is 44.0 Å². The topological polar surface area (TPSA) is 94.1 Å². The van der Waals surface area contributed by atoms with Crippen molar-refractivity contribution in [2.24, 2.45) is 0 Å². The van der Waals surface area contributed by atoms with Crippen LogP contribution >= 0.6 is 11.3 Å². The lowest BCUT2D eigenvalue weighted by Crippen LogP contribution is -2.28. The molecule has 0 aliphatic carbocycles. The van der Waals surface area contributed by atoms with Crippen LogP contribution in [0.2, 0.25) is 0 Å². The quantitative estimate of drug-likeness (QED) is 0.253. The fourth-order valence-corrected chi connectivity index (χ4v) is 3.70. The molecular formula is C18H10F4N4O3S2. The Balaban J connectivity index is 1.80. The van der Waals surface area contributed by atoms with Crippen LogP contribution in [0.25, 0.3) is 21.5 Å². The number of fused-ring (bicyclic) bond motifs is 1. The number of hydrogen-bond donors (Lipinski definition) is 1. The largest absolute Gasteiger partial charge is 0.534 e. The molecule has 7 nitrogen and oxygen atoms in total. The maximum atomic E-state index is 13.4. The van der Waals surface area contributed by atoms with Crippen LogP contribution in [0.5, 0.6) is 5.75 Å². The van der Waals surface area contributed by atoms with Crippen molar-refractivity contribution in [3.8, 4) is 16.3 Å². The molecule has 0 fully saturated rings. The van der Waals surface area contributed by atoms with E-state index in [0.717, 1.165) is 17.4 Å². The van der Waals surface area contributed by atoms with Gasteiger partial charge in [-0.2, -0.15) is 21.6 Å². The molecule has 0 bridgehead atoms. The van der Waals surface area contributed by atoms with Gasteiger partial charge in [0.05, 0.1) is 11.1 Å². The molecule has 31 heavy (non-hydrogen) atoms. The van der Waals surface area contributed by atoms with Crippen LogP contribution in [0, 0.1) is 5.82 Å². The lowest BCUT2D eigenvalue weighted by atomic mass is 10.1. The molecule has 2 aromatic heterocycles. The summed E-state index contributed by atoms with van der Waals surface area (Å²) < 4.78 is 79.5. The van der Waals surface area contributed by atoms with Crippen LogP contribution in [0.4, 0.5) is 29.2 Å². The number of nitrogens with one attached hydrogen (secondary N) is 1. The first kappa shape index (κ1) is 20.9. The van der Waals surface area contributed by atoms with Crippen molar-refractivity contribution in [1.29, 1.82) is 0 Å². The third kappa shape index (κ3) is 4.41. The highest BCUT2D eigenvalue weighted by molar-refractivity contribution is 7.88. The second-order valence-electron chi connectivity index (χ2n) is 6.06. The van der Waals surface area contributed by atoms with E-state index in [0.29, 0.717) is 11.1 Å². The van der Waals surface area contributed by atoms with E-state index < -0.39 is 27.2 Å². The molecule has 0 aliphatic heterocycles. The normalized spacial score (nSPS) is 12.1. The first-order valence-electron chi connectivity index (χ1n) is 8.36. The van der Waals surface area contributed by atoms with Crippen LogP contribution in [0.3, 0.4) is 0 Å². The van der Waals surface area contributed by atoms with E-state index in [1.807, 2.05) is 0 Å². The minimum Gasteiger partial charge on any atom is -0.375 e. The zero-order valence-corrected chi connectivity index (χ0v) is 16.7. The number of hydrogen-bond acceptors (Lipinski definition) is 8. The van der Waals surface area contributed by atoms with Gasteiger partial charge < -0.3 is 9.50 Å². The smallest absolute Gasteiger partial charge is 0.375 e. The van der Waals surface area contributed by atoms with Crippen molar-refractivity contribution in [3.05, 3.63) is 60.0 Å². The third-order valence-corrected chi connectivity index (χ3v) is 5.68. The average Bonchev–Trinajstić information content (AvgIpc) is 3.21. The van der Waals surface area contributed by atoms with Crippen molar-refractivity contribution in [3.63, 3.8) is 0 Å². The summed E-state index contributed by atoms with van der Waals surface area (Å²) in [5, 5.41) is 4.97. The van der Waals surface area contributed by atoms with Gasteiger partial charge in [-0.1, -0.05) is 6.07 Å². The number of rotatable bonds is 5. The van der Waals surface area contributed by atoms with Gasteiger partial charge in [0.15, 0.2) is 5.75 Å². The Labute approximate surface area is 176 Å². The highest BCUT2D eigenvalue weighted by atomic mass is 32.2. The molecule has 0 spiro atoms. The second kappa shape index (κ2) is 7.74. The number of halogens is 4. The van der Waals surface area contributed by atoms with Gasteiger partial charge in [-0.15, -0.1) is 11.3 Å². The first-order chi connectivity index (χ1) is 14.6. The third-order valence-electron chi connectivity index (χ3n) is 3.91. The molecule has 0 saturated carbocycles. The Hall–Kier alpha value is -3.32. The molecule has 1 N–H and O–H groups in total. The van der Waals surface area contributed by atoms with E-state index in [4.69, 9.17) is 0 Å². The van der Waals surface area contributed by atoms with E-state index in [-0.39, 0.29) is 22.0 Å². The molecule has 0 unspecified atom stereocenters. The summed E-state index contributed by atoms with van der Waals surface area (Å²) in [7, 11) is -5.92. The molecular weight excluding hydrogens is 460 g/mol. The molecule has 0 atom stereocenters. The van der Waals surface area contributed by atoms with Gasteiger partial charge in [0.1, 0.15) is 10.8 Å².